The lowest BCUT2D eigenvalue weighted by atomic mass is 10.0. The van der Waals surface area contributed by atoms with Gasteiger partial charge < -0.3 is 10.2 Å². The fraction of sp³-hybridized carbons (Fsp3) is 0.360. The van der Waals surface area contributed by atoms with Crippen molar-refractivity contribution in [3.8, 4) is 0 Å². The maximum absolute atomic E-state index is 11.3. The van der Waals surface area contributed by atoms with Crippen molar-refractivity contribution in [2.45, 2.75) is 33.2 Å². The van der Waals surface area contributed by atoms with Gasteiger partial charge in [0, 0.05) is 61.6 Å². The average molecular weight is 403 g/mol. The highest BCUT2D eigenvalue weighted by molar-refractivity contribution is 5.92. The van der Waals surface area contributed by atoms with E-state index in [2.05, 4.69) is 69.5 Å². The van der Waals surface area contributed by atoms with E-state index in [1.165, 1.54) is 16.6 Å². The number of piperazine rings is 1. The molecule has 3 aromatic rings. The van der Waals surface area contributed by atoms with Gasteiger partial charge in [-0.25, -0.2) is 0 Å². The minimum Gasteiger partial charge on any atom is -0.368 e. The minimum atomic E-state index is -0.0323. The first kappa shape index (κ1) is 20.4. The van der Waals surface area contributed by atoms with Gasteiger partial charge in [0.1, 0.15) is 0 Å². The van der Waals surface area contributed by atoms with Crippen LogP contribution in [-0.2, 0) is 11.2 Å². The summed E-state index contributed by atoms with van der Waals surface area (Å²) in [5, 5.41) is 4.11. The Bertz CT molecular complexity index is 1040. The molecule has 1 amide bonds. The van der Waals surface area contributed by atoms with E-state index in [0.29, 0.717) is 6.04 Å². The Morgan fingerprint density at radius 1 is 1.07 bits per heavy atom. The van der Waals surface area contributed by atoms with Gasteiger partial charge in [-0.2, -0.15) is 0 Å². The number of pyridine rings is 1. The third-order valence-corrected chi connectivity index (χ3v) is 5.90. The maximum Gasteiger partial charge on any atom is 0.221 e. The van der Waals surface area contributed by atoms with Gasteiger partial charge in [0.2, 0.25) is 5.91 Å². The van der Waals surface area contributed by atoms with Crippen LogP contribution in [0.1, 0.15) is 25.1 Å². The number of aromatic nitrogens is 1. The second-order valence-corrected chi connectivity index (χ2v) is 8.25. The van der Waals surface area contributed by atoms with Crippen LogP contribution in [0, 0.1) is 6.92 Å². The van der Waals surface area contributed by atoms with Crippen molar-refractivity contribution >= 4 is 28.2 Å². The number of benzene rings is 2. The second kappa shape index (κ2) is 8.84. The van der Waals surface area contributed by atoms with Gasteiger partial charge in [-0.1, -0.05) is 18.2 Å². The summed E-state index contributed by atoms with van der Waals surface area (Å²) in [6, 6.07) is 19.4. The summed E-state index contributed by atoms with van der Waals surface area (Å²) in [5.74, 6) is -0.0323. The number of fused-ring (bicyclic) bond motifs is 1. The molecule has 5 nitrogen and oxygen atoms in total. The first-order chi connectivity index (χ1) is 14.5. The van der Waals surface area contributed by atoms with E-state index in [1.54, 1.807) is 6.92 Å². The molecule has 1 aliphatic rings. The standard InChI is InChI=1S/C25H30N4O/c1-18-10-11-23-24(26-18)8-5-9-25(23)29-14-12-28(13-15-29)19(2)16-21-6-4-7-22(17-21)27-20(3)30/h4-11,17,19H,12-16H2,1-3H3,(H,27,30). The van der Waals surface area contributed by atoms with Gasteiger partial charge in [-0.15, -0.1) is 0 Å². The zero-order chi connectivity index (χ0) is 21.1. The summed E-state index contributed by atoms with van der Waals surface area (Å²) in [4.78, 5) is 21.0. The third kappa shape index (κ3) is 4.62. The smallest absolute Gasteiger partial charge is 0.221 e. The fourth-order valence-electron chi connectivity index (χ4n) is 4.37. The topological polar surface area (TPSA) is 48.5 Å². The van der Waals surface area contributed by atoms with Crippen LogP contribution in [0.5, 0.6) is 0 Å². The van der Waals surface area contributed by atoms with Gasteiger partial charge >= 0.3 is 0 Å². The van der Waals surface area contributed by atoms with Crippen molar-refractivity contribution in [1.29, 1.82) is 0 Å². The number of aryl methyl sites for hydroxylation is 1. The summed E-state index contributed by atoms with van der Waals surface area (Å²) in [5.41, 5.74) is 5.54. The van der Waals surface area contributed by atoms with Crippen LogP contribution in [-0.4, -0.2) is 48.0 Å². The van der Waals surface area contributed by atoms with E-state index < -0.39 is 0 Å². The molecule has 0 saturated carbocycles. The van der Waals surface area contributed by atoms with Gasteiger partial charge in [0.05, 0.1) is 5.52 Å². The zero-order valence-electron chi connectivity index (χ0n) is 18.1. The van der Waals surface area contributed by atoms with Gasteiger partial charge in [-0.05, 0) is 62.2 Å². The zero-order valence-corrected chi connectivity index (χ0v) is 18.1. The molecule has 0 bridgehead atoms. The predicted molar refractivity (Wildman–Crippen MR) is 124 cm³/mol. The average Bonchev–Trinajstić information content (AvgIpc) is 2.73. The number of rotatable bonds is 5. The molecule has 5 heteroatoms. The molecule has 30 heavy (non-hydrogen) atoms. The monoisotopic (exact) mass is 402 g/mol. The number of hydrogen-bond donors (Lipinski definition) is 1. The van der Waals surface area contributed by atoms with Gasteiger partial charge in [0.25, 0.3) is 0 Å². The highest BCUT2D eigenvalue weighted by atomic mass is 16.1. The van der Waals surface area contributed by atoms with Crippen LogP contribution in [0.15, 0.2) is 54.6 Å². The molecule has 0 spiro atoms. The van der Waals surface area contributed by atoms with E-state index in [4.69, 9.17) is 0 Å². The number of anilines is 2. The number of nitrogens with one attached hydrogen (secondary N) is 1. The van der Waals surface area contributed by atoms with Crippen molar-refractivity contribution < 1.29 is 4.79 Å². The first-order valence-electron chi connectivity index (χ1n) is 10.7. The number of nitrogens with zero attached hydrogens (tertiary/aromatic N) is 3. The van der Waals surface area contributed by atoms with Crippen LogP contribution < -0.4 is 10.2 Å². The highest BCUT2D eigenvalue weighted by Gasteiger charge is 2.22. The molecule has 1 aromatic heterocycles. The number of carbonyl (C=O) groups excluding carboxylic acids is 1. The molecule has 1 unspecified atom stereocenters. The van der Waals surface area contributed by atoms with Crippen molar-refractivity contribution in [2.24, 2.45) is 0 Å². The van der Waals surface area contributed by atoms with Crippen molar-refractivity contribution in [3.63, 3.8) is 0 Å². The highest BCUT2D eigenvalue weighted by Crippen LogP contribution is 2.27. The Morgan fingerprint density at radius 3 is 2.60 bits per heavy atom. The molecule has 156 valence electrons. The SMILES string of the molecule is CC(=O)Nc1cccc(CC(C)N2CCN(c3cccc4nc(C)ccc34)CC2)c1. The minimum absolute atomic E-state index is 0.0323. The number of amides is 1. The molecule has 1 atom stereocenters. The van der Waals surface area contributed by atoms with Crippen LogP contribution in [0.4, 0.5) is 11.4 Å². The molecule has 2 heterocycles. The van der Waals surface area contributed by atoms with Crippen LogP contribution in [0.25, 0.3) is 10.9 Å². The summed E-state index contributed by atoms with van der Waals surface area (Å²) in [7, 11) is 0. The molecule has 0 radical (unpaired) electrons. The first-order valence-corrected chi connectivity index (χ1v) is 10.7. The van der Waals surface area contributed by atoms with Crippen molar-refractivity contribution in [3.05, 3.63) is 65.9 Å². The Morgan fingerprint density at radius 2 is 1.83 bits per heavy atom. The van der Waals surface area contributed by atoms with E-state index in [1.807, 2.05) is 19.1 Å². The summed E-state index contributed by atoms with van der Waals surface area (Å²) in [6.07, 6.45) is 0.977. The molecule has 1 N–H and O–H groups in total. The van der Waals surface area contributed by atoms with Gasteiger partial charge in [-0.3, -0.25) is 14.7 Å². The van der Waals surface area contributed by atoms with Crippen molar-refractivity contribution in [2.75, 3.05) is 36.4 Å². The molecule has 4 rings (SSSR count). The fourth-order valence-corrected chi connectivity index (χ4v) is 4.37. The molecular weight excluding hydrogens is 372 g/mol. The Labute approximate surface area is 178 Å². The molecule has 1 fully saturated rings. The third-order valence-electron chi connectivity index (χ3n) is 5.90. The van der Waals surface area contributed by atoms with Crippen LogP contribution in [0.3, 0.4) is 0 Å². The summed E-state index contributed by atoms with van der Waals surface area (Å²) < 4.78 is 0. The van der Waals surface area contributed by atoms with E-state index in [9.17, 15) is 4.79 Å². The van der Waals surface area contributed by atoms with Crippen LogP contribution in [0.2, 0.25) is 0 Å². The molecule has 2 aromatic carbocycles. The van der Waals surface area contributed by atoms with E-state index in [0.717, 1.165) is 49.5 Å². The normalized spacial score (nSPS) is 15.9. The van der Waals surface area contributed by atoms with Crippen molar-refractivity contribution in [1.82, 2.24) is 9.88 Å². The lowest BCUT2D eigenvalue weighted by Gasteiger charge is -2.39. The number of hydrogen-bond acceptors (Lipinski definition) is 4. The quantitative estimate of drug-likeness (QED) is 0.693. The van der Waals surface area contributed by atoms with Gasteiger partial charge in [0.15, 0.2) is 0 Å². The lowest BCUT2D eigenvalue weighted by molar-refractivity contribution is -0.114. The Hall–Kier alpha value is -2.92. The lowest BCUT2D eigenvalue weighted by Crippen LogP contribution is -2.50. The van der Waals surface area contributed by atoms with Crippen LogP contribution >= 0.6 is 0 Å². The Balaban J connectivity index is 1.39. The molecule has 0 aliphatic carbocycles. The predicted octanol–water partition coefficient (Wildman–Crippen LogP) is 4.25. The Kier molecular flexibility index (Phi) is 6.00. The summed E-state index contributed by atoms with van der Waals surface area (Å²) in [6.45, 7) is 10.0. The number of carbonyl (C=O) groups is 1. The largest absolute Gasteiger partial charge is 0.368 e. The molecule has 1 saturated heterocycles. The summed E-state index contributed by atoms with van der Waals surface area (Å²) >= 11 is 0. The maximum atomic E-state index is 11.3. The molecule has 1 aliphatic heterocycles. The molecular formula is C25H30N4O. The van der Waals surface area contributed by atoms with E-state index in [-0.39, 0.29) is 5.91 Å². The second-order valence-electron chi connectivity index (χ2n) is 8.25. The van der Waals surface area contributed by atoms with E-state index >= 15 is 0 Å².